The Morgan fingerprint density at radius 1 is 1.43 bits per heavy atom. The molecular formula is C13H18BrFN2O3S. The molecule has 2 atom stereocenters. The van der Waals surface area contributed by atoms with Crippen molar-refractivity contribution in [3.05, 3.63) is 28.0 Å². The number of carbonyl (C=O) groups is 1. The van der Waals surface area contributed by atoms with E-state index in [1.807, 2.05) is 20.8 Å². The molecule has 0 aliphatic heterocycles. The summed E-state index contributed by atoms with van der Waals surface area (Å²) in [7, 11) is -4.13. The fraction of sp³-hybridized carbons (Fsp3) is 0.462. The maximum absolute atomic E-state index is 13.5. The molecule has 0 radical (unpaired) electrons. The average molecular weight is 381 g/mol. The highest BCUT2D eigenvalue weighted by molar-refractivity contribution is 9.10. The molecule has 118 valence electrons. The van der Waals surface area contributed by atoms with Crippen LogP contribution >= 0.6 is 15.9 Å². The summed E-state index contributed by atoms with van der Waals surface area (Å²) in [6.45, 7) is 5.80. The molecule has 1 amide bonds. The number of sulfonamides is 1. The van der Waals surface area contributed by atoms with Crippen LogP contribution in [0.3, 0.4) is 0 Å². The Morgan fingerprint density at radius 2 is 2.00 bits per heavy atom. The highest BCUT2D eigenvalue weighted by Crippen LogP contribution is 2.27. The first-order valence-corrected chi connectivity index (χ1v) is 8.74. The summed E-state index contributed by atoms with van der Waals surface area (Å²) >= 11 is 3.01. The van der Waals surface area contributed by atoms with Gasteiger partial charge in [-0.2, -0.15) is 0 Å². The first-order valence-electron chi connectivity index (χ1n) is 6.40. The second-order valence-corrected chi connectivity index (χ2v) is 7.28. The first-order chi connectivity index (χ1) is 9.57. The summed E-state index contributed by atoms with van der Waals surface area (Å²) in [6.07, 6.45) is 0.869. The molecule has 0 fully saturated rings. The second kappa shape index (κ2) is 6.85. The van der Waals surface area contributed by atoms with Crippen molar-refractivity contribution in [2.75, 3.05) is 0 Å². The fourth-order valence-corrected chi connectivity index (χ4v) is 3.44. The van der Waals surface area contributed by atoms with Gasteiger partial charge in [0.15, 0.2) is 0 Å². The molecule has 5 nitrogen and oxygen atoms in total. The molecular weight excluding hydrogens is 363 g/mol. The lowest BCUT2D eigenvalue weighted by atomic mass is 10.0. The molecule has 0 aromatic heterocycles. The van der Waals surface area contributed by atoms with E-state index in [0.29, 0.717) is 0 Å². The van der Waals surface area contributed by atoms with E-state index >= 15 is 0 Å². The molecule has 0 saturated heterocycles. The van der Waals surface area contributed by atoms with Crippen LogP contribution in [-0.2, 0) is 10.0 Å². The SMILES string of the molecule is CCC(C)C(C)NC(=O)c1cc(F)cc(S(N)(=O)=O)c1Br. The number of benzene rings is 1. The van der Waals surface area contributed by atoms with Crippen LogP contribution in [0.15, 0.2) is 21.5 Å². The third kappa shape index (κ3) is 4.49. The van der Waals surface area contributed by atoms with Gasteiger partial charge in [0, 0.05) is 6.04 Å². The van der Waals surface area contributed by atoms with Crippen LogP contribution in [0.5, 0.6) is 0 Å². The molecule has 0 spiro atoms. The average Bonchev–Trinajstić information content (AvgIpc) is 2.38. The Hall–Kier alpha value is -0.990. The third-order valence-corrected chi connectivity index (χ3v) is 5.46. The lowest BCUT2D eigenvalue weighted by molar-refractivity contribution is 0.0926. The molecule has 1 aromatic carbocycles. The molecule has 1 aromatic rings. The maximum atomic E-state index is 13.5. The van der Waals surface area contributed by atoms with Crippen LogP contribution in [0.1, 0.15) is 37.6 Å². The number of primary sulfonamides is 1. The summed E-state index contributed by atoms with van der Waals surface area (Å²) in [5.41, 5.74) is -0.103. The molecule has 0 saturated carbocycles. The van der Waals surface area contributed by atoms with Crippen molar-refractivity contribution < 1.29 is 17.6 Å². The molecule has 0 aliphatic rings. The van der Waals surface area contributed by atoms with E-state index in [-0.39, 0.29) is 22.0 Å². The largest absolute Gasteiger partial charge is 0.349 e. The van der Waals surface area contributed by atoms with Crippen molar-refractivity contribution in [3.8, 4) is 0 Å². The van der Waals surface area contributed by atoms with Gasteiger partial charge in [0.25, 0.3) is 5.91 Å². The second-order valence-electron chi connectivity index (χ2n) is 4.96. The van der Waals surface area contributed by atoms with Gasteiger partial charge in [-0.25, -0.2) is 17.9 Å². The Kier molecular flexibility index (Phi) is 5.89. The number of halogens is 2. The predicted octanol–water partition coefficient (Wildman–Crippen LogP) is 2.40. The van der Waals surface area contributed by atoms with E-state index in [1.54, 1.807) is 0 Å². The monoisotopic (exact) mass is 380 g/mol. The van der Waals surface area contributed by atoms with Gasteiger partial charge in [-0.3, -0.25) is 4.79 Å². The lowest BCUT2D eigenvalue weighted by Gasteiger charge is -2.20. The van der Waals surface area contributed by atoms with Crippen molar-refractivity contribution in [1.29, 1.82) is 0 Å². The zero-order valence-electron chi connectivity index (χ0n) is 12.0. The summed E-state index contributed by atoms with van der Waals surface area (Å²) < 4.78 is 36.3. The van der Waals surface area contributed by atoms with Crippen LogP contribution in [-0.4, -0.2) is 20.4 Å². The Bertz CT molecular complexity index is 649. The van der Waals surface area contributed by atoms with Gasteiger partial charge < -0.3 is 5.32 Å². The number of amides is 1. The fourth-order valence-electron chi connectivity index (χ4n) is 1.72. The van der Waals surface area contributed by atoms with Gasteiger partial charge in [0.05, 0.1) is 14.9 Å². The molecule has 0 aliphatic carbocycles. The summed E-state index contributed by atoms with van der Waals surface area (Å²) in [5, 5.41) is 7.73. The highest BCUT2D eigenvalue weighted by Gasteiger charge is 2.23. The van der Waals surface area contributed by atoms with Crippen LogP contribution in [0.4, 0.5) is 4.39 Å². The minimum absolute atomic E-state index is 0.0414. The zero-order chi connectivity index (χ0) is 16.4. The molecule has 3 N–H and O–H groups in total. The van der Waals surface area contributed by atoms with E-state index in [4.69, 9.17) is 5.14 Å². The van der Waals surface area contributed by atoms with E-state index in [9.17, 15) is 17.6 Å². The topological polar surface area (TPSA) is 89.3 Å². The van der Waals surface area contributed by atoms with Gasteiger partial charge in [-0.1, -0.05) is 20.3 Å². The maximum Gasteiger partial charge on any atom is 0.252 e. The summed E-state index contributed by atoms with van der Waals surface area (Å²) in [5.74, 6) is -1.17. The predicted molar refractivity (Wildman–Crippen MR) is 81.9 cm³/mol. The van der Waals surface area contributed by atoms with Crippen molar-refractivity contribution >= 4 is 31.9 Å². The summed E-state index contributed by atoms with van der Waals surface area (Å²) in [4.78, 5) is 11.7. The Balaban J connectivity index is 3.20. The van der Waals surface area contributed by atoms with Gasteiger partial charge in [0.2, 0.25) is 10.0 Å². The van der Waals surface area contributed by atoms with E-state index in [0.717, 1.165) is 18.6 Å². The lowest BCUT2D eigenvalue weighted by Crippen LogP contribution is -2.37. The zero-order valence-corrected chi connectivity index (χ0v) is 14.4. The minimum atomic E-state index is -4.13. The quantitative estimate of drug-likeness (QED) is 0.821. The van der Waals surface area contributed by atoms with Crippen molar-refractivity contribution in [2.45, 2.75) is 38.1 Å². The van der Waals surface area contributed by atoms with Gasteiger partial charge >= 0.3 is 0 Å². The van der Waals surface area contributed by atoms with Crippen molar-refractivity contribution in [3.63, 3.8) is 0 Å². The summed E-state index contributed by atoms with van der Waals surface area (Å²) in [6, 6.07) is 1.61. The molecule has 0 bridgehead atoms. The highest BCUT2D eigenvalue weighted by atomic mass is 79.9. The Labute approximate surface area is 132 Å². The van der Waals surface area contributed by atoms with E-state index < -0.39 is 26.6 Å². The number of nitrogens with one attached hydrogen (secondary N) is 1. The number of nitrogens with two attached hydrogens (primary N) is 1. The van der Waals surface area contributed by atoms with Crippen LogP contribution in [0.2, 0.25) is 0 Å². The van der Waals surface area contributed by atoms with Crippen LogP contribution in [0, 0.1) is 11.7 Å². The van der Waals surface area contributed by atoms with Crippen molar-refractivity contribution in [1.82, 2.24) is 5.32 Å². The third-order valence-electron chi connectivity index (χ3n) is 3.41. The number of carbonyl (C=O) groups excluding carboxylic acids is 1. The van der Waals surface area contributed by atoms with Gasteiger partial charge in [-0.05, 0) is 40.9 Å². The molecule has 8 heteroatoms. The Morgan fingerprint density at radius 3 is 2.48 bits per heavy atom. The number of rotatable bonds is 5. The molecule has 21 heavy (non-hydrogen) atoms. The minimum Gasteiger partial charge on any atom is -0.349 e. The normalized spacial score (nSPS) is 14.6. The van der Waals surface area contributed by atoms with Gasteiger partial charge in [-0.15, -0.1) is 0 Å². The van der Waals surface area contributed by atoms with E-state index in [2.05, 4.69) is 21.2 Å². The van der Waals surface area contributed by atoms with Crippen LogP contribution < -0.4 is 10.5 Å². The van der Waals surface area contributed by atoms with Crippen LogP contribution in [0.25, 0.3) is 0 Å². The number of hydrogen-bond donors (Lipinski definition) is 2. The molecule has 0 heterocycles. The van der Waals surface area contributed by atoms with E-state index in [1.165, 1.54) is 0 Å². The first kappa shape index (κ1) is 18.1. The number of hydrogen-bond acceptors (Lipinski definition) is 3. The molecule has 2 unspecified atom stereocenters. The van der Waals surface area contributed by atoms with Crippen molar-refractivity contribution in [2.24, 2.45) is 11.1 Å². The van der Waals surface area contributed by atoms with Gasteiger partial charge in [0.1, 0.15) is 5.82 Å². The molecule has 1 rings (SSSR count). The standard InChI is InChI=1S/C13H18BrFN2O3S/c1-4-7(2)8(3)17-13(18)10-5-9(15)6-11(12(10)14)21(16,19)20/h5-8H,4H2,1-3H3,(H,17,18)(H2,16,19,20). The smallest absolute Gasteiger partial charge is 0.252 e.